The van der Waals surface area contributed by atoms with Crippen molar-refractivity contribution in [3.63, 3.8) is 0 Å². The molecule has 0 aliphatic heterocycles. The Morgan fingerprint density at radius 2 is 1.88 bits per heavy atom. The van der Waals surface area contributed by atoms with E-state index in [0.29, 0.717) is 18.2 Å². The topological polar surface area (TPSA) is 48.1 Å². The van der Waals surface area contributed by atoms with Crippen molar-refractivity contribution in [2.24, 2.45) is 0 Å². The number of nitrogens with two attached hydrogens (primary N) is 1. The van der Waals surface area contributed by atoms with Crippen molar-refractivity contribution < 1.29 is 9.13 Å². The van der Waals surface area contributed by atoms with Crippen LogP contribution in [-0.4, -0.2) is 4.98 Å². The van der Waals surface area contributed by atoms with Gasteiger partial charge in [0.15, 0.2) is 0 Å². The summed E-state index contributed by atoms with van der Waals surface area (Å²) >= 11 is 0. The van der Waals surface area contributed by atoms with E-state index in [-0.39, 0.29) is 5.82 Å². The number of halogens is 1. The zero-order chi connectivity index (χ0) is 11.4. The van der Waals surface area contributed by atoms with Gasteiger partial charge in [-0.05, 0) is 36.4 Å². The second-order valence-electron chi connectivity index (χ2n) is 3.30. The van der Waals surface area contributed by atoms with Gasteiger partial charge in [0, 0.05) is 0 Å². The third-order valence-corrected chi connectivity index (χ3v) is 2.03. The summed E-state index contributed by atoms with van der Waals surface area (Å²) in [7, 11) is 0. The second-order valence-corrected chi connectivity index (χ2v) is 3.30. The van der Waals surface area contributed by atoms with Crippen molar-refractivity contribution in [1.29, 1.82) is 0 Å². The molecule has 3 nitrogen and oxygen atoms in total. The third kappa shape index (κ3) is 2.70. The van der Waals surface area contributed by atoms with Crippen molar-refractivity contribution in [3.8, 4) is 5.75 Å². The molecule has 16 heavy (non-hydrogen) atoms. The molecule has 0 spiro atoms. The number of benzene rings is 1. The largest absolute Gasteiger partial charge is 0.487 e. The zero-order valence-corrected chi connectivity index (χ0v) is 8.56. The van der Waals surface area contributed by atoms with Gasteiger partial charge in [0.25, 0.3) is 0 Å². The molecule has 0 atom stereocenters. The minimum absolute atomic E-state index is 0.283. The Bertz CT molecular complexity index is 471. The molecule has 0 saturated carbocycles. The third-order valence-electron chi connectivity index (χ3n) is 2.03. The minimum Gasteiger partial charge on any atom is -0.487 e. The van der Waals surface area contributed by atoms with E-state index in [4.69, 9.17) is 10.5 Å². The van der Waals surface area contributed by atoms with Gasteiger partial charge >= 0.3 is 0 Å². The van der Waals surface area contributed by atoms with E-state index >= 15 is 0 Å². The Labute approximate surface area is 92.7 Å². The van der Waals surface area contributed by atoms with Crippen LogP contribution in [0.4, 0.5) is 10.2 Å². The van der Waals surface area contributed by atoms with Crippen molar-refractivity contribution in [2.45, 2.75) is 6.61 Å². The molecule has 2 rings (SSSR count). The molecule has 82 valence electrons. The van der Waals surface area contributed by atoms with Crippen LogP contribution in [0.1, 0.15) is 5.69 Å². The number of nitrogens with zero attached hydrogens (tertiary/aromatic N) is 1. The summed E-state index contributed by atoms with van der Waals surface area (Å²) in [5.74, 6) is 0.778. The fraction of sp³-hybridized carbons (Fsp3) is 0.0833. The van der Waals surface area contributed by atoms with Crippen LogP contribution in [0.15, 0.2) is 42.5 Å². The summed E-state index contributed by atoms with van der Waals surface area (Å²) in [6.07, 6.45) is 0. The molecule has 1 heterocycles. The average molecular weight is 218 g/mol. The number of aromatic nitrogens is 1. The molecule has 0 aliphatic rings. The van der Waals surface area contributed by atoms with Gasteiger partial charge in [-0.15, -0.1) is 0 Å². The number of hydrogen-bond acceptors (Lipinski definition) is 3. The fourth-order valence-corrected chi connectivity index (χ4v) is 1.27. The molecule has 1 aromatic heterocycles. The van der Waals surface area contributed by atoms with E-state index in [9.17, 15) is 4.39 Å². The summed E-state index contributed by atoms with van der Waals surface area (Å²) in [6, 6.07) is 11.2. The summed E-state index contributed by atoms with van der Waals surface area (Å²) in [6.45, 7) is 0.316. The maximum absolute atomic E-state index is 12.6. The van der Waals surface area contributed by atoms with Crippen LogP contribution in [0.2, 0.25) is 0 Å². The summed E-state index contributed by atoms with van der Waals surface area (Å²) in [5.41, 5.74) is 6.27. The van der Waals surface area contributed by atoms with Crippen LogP contribution in [-0.2, 0) is 6.61 Å². The lowest BCUT2D eigenvalue weighted by Crippen LogP contribution is -2.00. The number of anilines is 1. The number of rotatable bonds is 3. The lowest BCUT2D eigenvalue weighted by Gasteiger charge is -2.05. The predicted octanol–water partition coefficient (Wildman–Crippen LogP) is 2.38. The van der Waals surface area contributed by atoms with Crippen molar-refractivity contribution in [1.82, 2.24) is 4.98 Å². The molecule has 2 aromatic rings. The summed E-state index contributed by atoms with van der Waals surface area (Å²) < 4.78 is 18.0. The highest BCUT2D eigenvalue weighted by Gasteiger charge is 1.98. The van der Waals surface area contributed by atoms with Crippen LogP contribution in [0.5, 0.6) is 5.75 Å². The van der Waals surface area contributed by atoms with Gasteiger partial charge in [0.2, 0.25) is 0 Å². The average Bonchev–Trinajstić information content (AvgIpc) is 2.28. The molecule has 0 fully saturated rings. The van der Waals surface area contributed by atoms with Gasteiger partial charge in [-0.1, -0.05) is 6.07 Å². The molecular weight excluding hydrogens is 207 g/mol. The first kappa shape index (κ1) is 10.4. The maximum atomic E-state index is 12.6. The van der Waals surface area contributed by atoms with Crippen molar-refractivity contribution in [3.05, 3.63) is 54.0 Å². The Hall–Kier alpha value is -2.10. The summed E-state index contributed by atoms with van der Waals surface area (Å²) in [4.78, 5) is 4.08. The van der Waals surface area contributed by atoms with E-state index < -0.39 is 0 Å². The lowest BCUT2D eigenvalue weighted by atomic mass is 10.3. The Morgan fingerprint density at radius 1 is 1.12 bits per heavy atom. The van der Waals surface area contributed by atoms with Crippen LogP contribution in [0, 0.1) is 5.82 Å². The van der Waals surface area contributed by atoms with E-state index in [2.05, 4.69) is 4.98 Å². The van der Waals surface area contributed by atoms with Crippen LogP contribution >= 0.6 is 0 Å². The van der Waals surface area contributed by atoms with Crippen molar-refractivity contribution in [2.75, 3.05) is 5.73 Å². The standard InChI is InChI=1S/C12H11FN2O/c13-9-4-6-11(7-5-9)16-8-10-2-1-3-12(14)15-10/h1-7H,8H2,(H2,14,15). The molecule has 0 aliphatic carbocycles. The van der Waals surface area contributed by atoms with Gasteiger partial charge in [-0.25, -0.2) is 9.37 Å². The zero-order valence-electron chi connectivity index (χ0n) is 8.56. The molecule has 0 bridgehead atoms. The van der Waals surface area contributed by atoms with Crippen LogP contribution < -0.4 is 10.5 Å². The highest BCUT2D eigenvalue weighted by molar-refractivity contribution is 5.29. The van der Waals surface area contributed by atoms with E-state index in [1.165, 1.54) is 12.1 Å². The molecule has 2 N–H and O–H groups in total. The number of hydrogen-bond donors (Lipinski definition) is 1. The van der Waals surface area contributed by atoms with E-state index in [0.717, 1.165) is 5.69 Å². The second kappa shape index (κ2) is 4.61. The maximum Gasteiger partial charge on any atom is 0.130 e. The first-order valence-electron chi connectivity index (χ1n) is 4.84. The predicted molar refractivity (Wildman–Crippen MR) is 59.4 cm³/mol. The van der Waals surface area contributed by atoms with Gasteiger partial charge < -0.3 is 10.5 Å². The van der Waals surface area contributed by atoms with Gasteiger partial charge in [-0.2, -0.15) is 0 Å². The first-order chi connectivity index (χ1) is 7.74. The first-order valence-corrected chi connectivity index (χ1v) is 4.84. The summed E-state index contributed by atoms with van der Waals surface area (Å²) in [5, 5.41) is 0. The van der Waals surface area contributed by atoms with Crippen LogP contribution in [0.3, 0.4) is 0 Å². The number of nitrogen functional groups attached to an aromatic ring is 1. The SMILES string of the molecule is Nc1cccc(COc2ccc(F)cc2)n1. The molecule has 4 heteroatoms. The molecule has 0 radical (unpaired) electrons. The normalized spacial score (nSPS) is 10.1. The highest BCUT2D eigenvalue weighted by Crippen LogP contribution is 2.13. The highest BCUT2D eigenvalue weighted by atomic mass is 19.1. The minimum atomic E-state index is -0.283. The fourth-order valence-electron chi connectivity index (χ4n) is 1.27. The van der Waals surface area contributed by atoms with Crippen molar-refractivity contribution >= 4 is 5.82 Å². The van der Waals surface area contributed by atoms with Gasteiger partial charge in [-0.3, -0.25) is 0 Å². The molecule has 0 amide bonds. The van der Waals surface area contributed by atoms with E-state index in [1.54, 1.807) is 18.2 Å². The number of pyridine rings is 1. The quantitative estimate of drug-likeness (QED) is 0.860. The number of ether oxygens (including phenoxy) is 1. The Kier molecular flexibility index (Phi) is 3.00. The van der Waals surface area contributed by atoms with Gasteiger partial charge in [0.05, 0.1) is 5.69 Å². The Balaban J connectivity index is 1.99. The van der Waals surface area contributed by atoms with Gasteiger partial charge in [0.1, 0.15) is 24.0 Å². The van der Waals surface area contributed by atoms with Crippen LogP contribution in [0.25, 0.3) is 0 Å². The smallest absolute Gasteiger partial charge is 0.130 e. The monoisotopic (exact) mass is 218 g/mol. The Morgan fingerprint density at radius 3 is 2.56 bits per heavy atom. The molecular formula is C12H11FN2O. The molecule has 1 aromatic carbocycles. The molecule has 0 saturated heterocycles. The van der Waals surface area contributed by atoms with E-state index in [1.807, 2.05) is 12.1 Å². The lowest BCUT2D eigenvalue weighted by molar-refractivity contribution is 0.301. The molecule has 0 unspecified atom stereocenters.